The molecule has 17 heavy (non-hydrogen) atoms. The monoisotopic (exact) mass is 253 g/mol. The first kappa shape index (κ1) is 11.5. The standard InChI is InChI=1S/C12H15NO3S/c13-9-8-6-15-12(16-8)11(10(9)14)17-7-4-2-1-3-5-7/h1-5,8-12,14H,6,13H2/t8-,9-,10+,11-,12-/m0/s1. The fourth-order valence-electron chi connectivity index (χ4n) is 2.20. The highest BCUT2D eigenvalue weighted by molar-refractivity contribution is 8.00. The molecule has 4 nitrogen and oxygen atoms in total. The van der Waals surface area contributed by atoms with E-state index in [2.05, 4.69) is 0 Å². The Kier molecular flexibility index (Phi) is 3.10. The second-order valence-corrected chi connectivity index (χ2v) is 5.59. The minimum Gasteiger partial charge on any atom is -0.390 e. The fraction of sp³-hybridized carbons (Fsp3) is 0.500. The molecule has 5 heteroatoms. The molecular weight excluding hydrogens is 238 g/mol. The number of aliphatic hydroxyl groups excluding tert-OH is 1. The van der Waals surface area contributed by atoms with E-state index in [1.54, 1.807) is 11.8 Å². The van der Waals surface area contributed by atoms with Gasteiger partial charge in [-0.05, 0) is 12.1 Å². The first-order valence-corrected chi connectivity index (χ1v) is 6.56. The second-order valence-electron chi connectivity index (χ2n) is 4.34. The molecule has 2 fully saturated rings. The maximum absolute atomic E-state index is 10.2. The third kappa shape index (κ3) is 2.09. The predicted molar refractivity (Wildman–Crippen MR) is 64.7 cm³/mol. The van der Waals surface area contributed by atoms with E-state index in [4.69, 9.17) is 15.2 Å². The lowest BCUT2D eigenvalue weighted by molar-refractivity contribution is -0.118. The van der Waals surface area contributed by atoms with Gasteiger partial charge in [0.2, 0.25) is 0 Å². The Bertz CT molecular complexity index is 389. The van der Waals surface area contributed by atoms with Crippen molar-refractivity contribution in [2.24, 2.45) is 5.73 Å². The van der Waals surface area contributed by atoms with Crippen LogP contribution in [0.2, 0.25) is 0 Å². The van der Waals surface area contributed by atoms with Gasteiger partial charge in [-0.15, -0.1) is 11.8 Å². The molecule has 2 heterocycles. The summed E-state index contributed by atoms with van der Waals surface area (Å²) in [7, 11) is 0. The Balaban J connectivity index is 1.78. The molecule has 0 spiro atoms. The van der Waals surface area contributed by atoms with Crippen LogP contribution in [0, 0.1) is 0 Å². The summed E-state index contributed by atoms with van der Waals surface area (Å²) in [6.07, 6.45) is -1.10. The molecular formula is C12H15NO3S. The van der Waals surface area contributed by atoms with Gasteiger partial charge in [0.05, 0.1) is 24.0 Å². The zero-order chi connectivity index (χ0) is 11.8. The Morgan fingerprint density at radius 3 is 2.82 bits per heavy atom. The van der Waals surface area contributed by atoms with E-state index in [1.807, 2.05) is 30.3 Å². The average Bonchev–Trinajstić information content (AvgIpc) is 2.80. The first-order valence-electron chi connectivity index (χ1n) is 5.68. The molecule has 3 N–H and O–H groups in total. The SMILES string of the molecule is N[C@@H]1[C@@H](O)[C@H](Sc2ccccc2)[C@H]2OC[C@@H]1O2. The van der Waals surface area contributed by atoms with Gasteiger partial charge in [0.15, 0.2) is 6.29 Å². The Hall–Kier alpha value is -0.590. The summed E-state index contributed by atoms with van der Waals surface area (Å²) in [5.41, 5.74) is 5.94. The summed E-state index contributed by atoms with van der Waals surface area (Å²) in [4.78, 5) is 1.08. The molecule has 1 aromatic carbocycles. The van der Waals surface area contributed by atoms with E-state index in [0.717, 1.165) is 4.90 Å². The van der Waals surface area contributed by atoms with Crippen LogP contribution in [0.1, 0.15) is 0 Å². The van der Waals surface area contributed by atoms with E-state index >= 15 is 0 Å². The minimum atomic E-state index is -0.591. The number of benzene rings is 1. The molecule has 2 saturated heterocycles. The van der Waals surface area contributed by atoms with Gasteiger partial charge in [0, 0.05) is 4.90 Å². The van der Waals surface area contributed by atoms with Crippen LogP contribution in [0.15, 0.2) is 35.2 Å². The lowest BCUT2D eigenvalue weighted by atomic mass is 10.0. The van der Waals surface area contributed by atoms with Crippen LogP contribution in [-0.4, -0.2) is 41.5 Å². The smallest absolute Gasteiger partial charge is 0.172 e. The molecule has 0 amide bonds. The molecule has 0 saturated carbocycles. The molecule has 0 radical (unpaired) electrons. The molecule has 0 unspecified atom stereocenters. The summed E-state index contributed by atoms with van der Waals surface area (Å²) in [6, 6.07) is 9.54. The number of rotatable bonds is 2. The Labute approximate surface area is 104 Å². The third-order valence-electron chi connectivity index (χ3n) is 3.18. The lowest BCUT2D eigenvalue weighted by Crippen LogP contribution is -2.56. The van der Waals surface area contributed by atoms with Crippen LogP contribution in [0.5, 0.6) is 0 Å². The highest BCUT2D eigenvalue weighted by Crippen LogP contribution is 2.37. The molecule has 2 aliphatic heterocycles. The third-order valence-corrected chi connectivity index (χ3v) is 4.50. The summed E-state index contributed by atoms with van der Waals surface area (Å²) >= 11 is 1.56. The van der Waals surface area contributed by atoms with Gasteiger partial charge in [0.1, 0.15) is 6.10 Å². The number of hydrogen-bond acceptors (Lipinski definition) is 5. The van der Waals surface area contributed by atoms with Crippen LogP contribution in [-0.2, 0) is 9.47 Å². The zero-order valence-electron chi connectivity index (χ0n) is 9.23. The number of hydrogen-bond donors (Lipinski definition) is 2. The van der Waals surface area contributed by atoms with Crippen LogP contribution < -0.4 is 5.73 Å². The quantitative estimate of drug-likeness (QED) is 0.807. The molecule has 92 valence electrons. The van der Waals surface area contributed by atoms with Gasteiger partial charge in [-0.3, -0.25) is 0 Å². The van der Waals surface area contributed by atoms with Gasteiger partial charge in [-0.1, -0.05) is 18.2 Å². The largest absolute Gasteiger partial charge is 0.390 e. The molecule has 3 rings (SSSR count). The van der Waals surface area contributed by atoms with Crippen molar-refractivity contribution in [1.82, 2.24) is 0 Å². The van der Waals surface area contributed by atoms with Crippen LogP contribution in [0.4, 0.5) is 0 Å². The van der Waals surface area contributed by atoms with Crippen LogP contribution >= 0.6 is 11.8 Å². The molecule has 2 aliphatic rings. The van der Waals surface area contributed by atoms with Crippen molar-refractivity contribution in [2.75, 3.05) is 6.61 Å². The van der Waals surface area contributed by atoms with Gasteiger partial charge in [-0.2, -0.15) is 0 Å². The van der Waals surface area contributed by atoms with Gasteiger partial charge in [0.25, 0.3) is 0 Å². The number of fused-ring (bicyclic) bond motifs is 2. The summed E-state index contributed by atoms with van der Waals surface area (Å²) < 4.78 is 11.2. The maximum atomic E-state index is 10.2. The van der Waals surface area contributed by atoms with Crippen molar-refractivity contribution in [3.8, 4) is 0 Å². The van der Waals surface area contributed by atoms with Crippen molar-refractivity contribution in [2.45, 2.75) is 34.7 Å². The molecule has 5 atom stereocenters. The van der Waals surface area contributed by atoms with Crippen LogP contribution in [0.25, 0.3) is 0 Å². The minimum absolute atomic E-state index is 0.161. The van der Waals surface area contributed by atoms with E-state index in [0.29, 0.717) is 6.61 Å². The molecule has 2 bridgehead atoms. The molecule has 0 aromatic heterocycles. The van der Waals surface area contributed by atoms with E-state index in [1.165, 1.54) is 0 Å². The maximum Gasteiger partial charge on any atom is 0.172 e. The summed E-state index contributed by atoms with van der Waals surface area (Å²) in [5, 5.41) is 10.0. The first-order chi connectivity index (χ1) is 8.25. The normalized spacial score (nSPS) is 40.5. The van der Waals surface area contributed by atoms with Crippen molar-refractivity contribution < 1.29 is 14.6 Å². The van der Waals surface area contributed by atoms with Crippen molar-refractivity contribution >= 4 is 11.8 Å². The van der Waals surface area contributed by atoms with Gasteiger partial charge >= 0.3 is 0 Å². The Morgan fingerprint density at radius 1 is 1.29 bits per heavy atom. The van der Waals surface area contributed by atoms with Crippen molar-refractivity contribution in [3.05, 3.63) is 30.3 Å². The predicted octanol–water partition coefficient (Wildman–Crippen LogP) is 0.591. The van der Waals surface area contributed by atoms with Crippen molar-refractivity contribution in [3.63, 3.8) is 0 Å². The highest BCUT2D eigenvalue weighted by Gasteiger charge is 2.48. The van der Waals surface area contributed by atoms with Gasteiger partial charge in [-0.25, -0.2) is 0 Å². The number of aliphatic hydroxyl groups is 1. The van der Waals surface area contributed by atoms with Crippen LogP contribution in [0.3, 0.4) is 0 Å². The number of ether oxygens (including phenoxy) is 2. The lowest BCUT2D eigenvalue weighted by Gasteiger charge is -2.35. The highest BCUT2D eigenvalue weighted by atomic mass is 32.2. The topological polar surface area (TPSA) is 64.7 Å². The van der Waals surface area contributed by atoms with E-state index < -0.39 is 6.10 Å². The van der Waals surface area contributed by atoms with Crippen molar-refractivity contribution in [1.29, 1.82) is 0 Å². The van der Waals surface area contributed by atoms with E-state index in [9.17, 15) is 5.11 Å². The van der Waals surface area contributed by atoms with Gasteiger partial charge < -0.3 is 20.3 Å². The molecule has 1 aromatic rings. The zero-order valence-corrected chi connectivity index (χ0v) is 10.0. The fourth-order valence-corrected chi connectivity index (χ4v) is 3.40. The Morgan fingerprint density at radius 2 is 2.06 bits per heavy atom. The second kappa shape index (κ2) is 4.59. The summed E-state index contributed by atoms with van der Waals surface area (Å²) in [6.45, 7) is 0.481. The number of thioether (sulfide) groups is 1. The summed E-state index contributed by atoms with van der Waals surface area (Å²) in [5.74, 6) is 0. The average molecular weight is 253 g/mol. The number of nitrogens with two attached hydrogens (primary N) is 1. The van der Waals surface area contributed by atoms with E-state index in [-0.39, 0.29) is 23.7 Å². The molecule has 0 aliphatic carbocycles.